The van der Waals surface area contributed by atoms with E-state index in [4.69, 9.17) is 4.74 Å². The second-order valence-corrected chi connectivity index (χ2v) is 7.00. The van der Waals surface area contributed by atoms with Gasteiger partial charge in [-0.25, -0.2) is 0 Å². The first-order valence-electron chi connectivity index (χ1n) is 10.0. The molecule has 1 saturated heterocycles. The summed E-state index contributed by atoms with van der Waals surface area (Å²) in [5.41, 5.74) is 3.76. The van der Waals surface area contributed by atoms with Crippen LogP contribution >= 0.6 is 0 Å². The third kappa shape index (κ3) is 6.54. The van der Waals surface area contributed by atoms with Crippen molar-refractivity contribution in [1.82, 2.24) is 15.5 Å². The van der Waals surface area contributed by atoms with Crippen LogP contribution in [0, 0.1) is 13.8 Å². The van der Waals surface area contributed by atoms with Crippen LogP contribution in [0.3, 0.4) is 0 Å². The average Bonchev–Trinajstić information content (AvgIpc) is 2.66. The lowest BCUT2D eigenvalue weighted by Gasteiger charge is -2.36. The number of hydrogen-bond donors (Lipinski definition) is 2. The van der Waals surface area contributed by atoms with Gasteiger partial charge in [-0.15, -0.1) is 0 Å². The zero-order chi connectivity index (χ0) is 19.6. The Labute approximate surface area is 163 Å². The van der Waals surface area contributed by atoms with Crippen LogP contribution in [0.15, 0.2) is 23.2 Å². The van der Waals surface area contributed by atoms with E-state index in [9.17, 15) is 4.79 Å². The molecule has 6 nitrogen and oxygen atoms in total. The molecule has 150 valence electrons. The standard InChI is InChI=1S/C21H34N4O2/c1-5-10-23-20(26)9-11-24-21(22-6-2)25-12-13-27-19(15-25)18-8-7-16(3)14-17(18)4/h7-8,14,19H,5-6,9-13,15H2,1-4H3,(H,22,24)(H,23,26). The highest BCUT2D eigenvalue weighted by atomic mass is 16.5. The molecule has 2 rings (SSSR count). The Kier molecular flexibility index (Phi) is 8.58. The lowest BCUT2D eigenvalue weighted by Crippen LogP contribution is -2.48. The zero-order valence-corrected chi connectivity index (χ0v) is 17.2. The second kappa shape index (κ2) is 10.9. The number of nitrogens with zero attached hydrogens (tertiary/aromatic N) is 2. The van der Waals surface area contributed by atoms with Gasteiger partial charge in [-0.3, -0.25) is 9.79 Å². The first-order chi connectivity index (χ1) is 13.0. The van der Waals surface area contributed by atoms with Crippen LogP contribution in [0.25, 0.3) is 0 Å². The van der Waals surface area contributed by atoms with Crippen LogP contribution in [-0.2, 0) is 9.53 Å². The van der Waals surface area contributed by atoms with Gasteiger partial charge in [0.2, 0.25) is 5.91 Å². The van der Waals surface area contributed by atoms with Gasteiger partial charge in [-0.1, -0.05) is 30.7 Å². The molecule has 0 aliphatic carbocycles. The molecule has 1 aromatic carbocycles. The predicted octanol–water partition coefficient (Wildman–Crippen LogP) is 2.56. The lowest BCUT2D eigenvalue weighted by molar-refractivity contribution is -0.120. The van der Waals surface area contributed by atoms with Gasteiger partial charge in [0.1, 0.15) is 6.10 Å². The summed E-state index contributed by atoms with van der Waals surface area (Å²) in [4.78, 5) is 18.7. The number of guanidine groups is 1. The first-order valence-corrected chi connectivity index (χ1v) is 10.0. The summed E-state index contributed by atoms with van der Waals surface area (Å²) in [6, 6.07) is 6.51. The molecule has 0 radical (unpaired) electrons. The maximum Gasteiger partial charge on any atom is 0.221 e. The van der Waals surface area contributed by atoms with Gasteiger partial charge in [0.25, 0.3) is 0 Å². The third-order valence-corrected chi connectivity index (χ3v) is 4.65. The van der Waals surface area contributed by atoms with Crippen molar-refractivity contribution in [3.8, 4) is 0 Å². The van der Waals surface area contributed by atoms with Gasteiger partial charge in [-0.05, 0) is 38.3 Å². The Morgan fingerprint density at radius 1 is 1.30 bits per heavy atom. The van der Waals surface area contributed by atoms with E-state index in [0.29, 0.717) is 19.6 Å². The maximum atomic E-state index is 11.8. The molecule has 0 spiro atoms. The minimum atomic E-state index is 0.0380. The number of aryl methyl sites for hydroxylation is 2. The number of amides is 1. The lowest BCUT2D eigenvalue weighted by atomic mass is 10.00. The number of rotatable bonds is 7. The molecule has 1 unspecified atom stereocenters. The molecule has 0 bridgehead atoms. The molecule has 1 aromatic rings. The monoisotopic (exact) mass is 374 g/mol. The smallest absolute Gasteiger partial charge is 0.221 e. The summed E-state index contributed by atoms with van der Waals surface area (Å²) in [5, 5.41) is 6.25. The Hall–Kier alpha value is -2.08. The fourth-order valence-electron chi connectivity index (χ4n) is 3.26. The van der Waals surface area contributed by atoms with Gasteiger partial charge in [0, 0.05) is 26.1 Å². The predicted molar refractivity (Wildman–Crippen MR) is 110 cm³/mol. The Morgan fingerprint density at radius 3 is 2.81 bits per heavy atom. The van der Waals surface area contributed by atoms with Gasteiger partial charge in [-0.2, -0.15) is 0 Å². The van der Waals surface area contributed by atoms with E-state index in [-0.39, 0.29) is 12.0 Å². The van der Waals surface area contributed by atoms with Crippen molar-refractivity contribution in [3.05, 3.63) is 34.9 Å². The molecule has 0 saturated carbocycles. The molecule has 2 N–H and O–H groups in total. The quantitative estimate of drug-likeness (QED) is 0.569. The largest absolute Gasteiger partial charge is 0.370 e. The molecule has 1 heterocycles. The van der Waals surface area contributed by atoms with Crippen LogP contribution in [0.5, 0.6) is 0 Å². The van der Waals surface area contributed by atoms with Gasteiger partial charge in [0.05, 0.1) is 19.7 Å². The van der Waals surface area contributed by atoms with E-state index in [1.165, 1.54) is 16.7 Å². The molecule has 1 atom stereocenters. The van der Waals surface area contributed by atoms with Crippen molar-refractivity contribution in [2.75, 3.05) is 39.3 Å². The van der Waals surface area contributed by atoms with E-state index >= 15 is 0 Å². The summed E-state index contributed by atoms with van der Waals surface area (Å²) < 4.78 is 6.04. The first kappa shape index (κ1) is 21.2. The van der Waals surface area contributed by atoms with Crippen LogP contribution in [0.2, 0.25) is 0 Å². The normalized spacial score (nSPS) is 17.7. The van der Waals surface area contributed by atoms with Crippen LogP contribution in [0.4, 0.5) is 0 Å². The minimum absolute atomic E-state index is 0.0380. The molecule has 27 heavy (non-hydrogen) atoms. The van der Waals surface area contributed by atoms with Crippen molar-refractivity contribution < 1.29 is 9.53 Å². The number of morpholine rings is 1. The van der Waals surface area contributed by atoms with E-state index < -0.39 is 0 Å². The van der Waals surface area contributed by atoms with E-state index in [1.54, 1.807) is 0 Å². The van der Waals surface area contributed by atoms with Crippen LogP contribution < -0.4 is 10.6 Å². The maximum absolute atomic E-state index is 11.8. The van der Waals surface area contributed by atoms with E-state index in [0.717, 1.165) is 38.6 Å². The zero-order valence-electron chi connectivity index (χ0n) is 17.2. The topological polar surface area (TPSA) is 66.0 Å². The summed E-state index contributed by atoms with van der Waals surface area (Å²) in [5.74, 6) is 0.922. The number of benzene rings is 1. The second-order valence-electron chi connectivity index (χ2n) is 7.00. The highest BCUT2D eigenvalue weighted by molar-refractivity contribution is 5.81. The van der Waals surface area contributed by atoms with Crippen molar-refractivity contribution in [3.63, 3.8) is 0 Å². The third-order valence-electron chi connectivity index (χ3n) is 4.65. The number of hydrogen-bond acceptors (Lipinski definition) is 3. The summed E-state index contributed by atoms with van der Waals surface area (Å²) >= 11 is 0. The Morgan fingerprint density at radius 2 is 2.11 bits per heavy atom. The number of aliphatic imine (C=N–C) groups is 1. The molecule has 6 heteroatoms. The fraction of sp³-hybridized carbons (Fsp3) is 0.619. The fourth-order valence-corrected chi connectivity index (χ4v) is 3.26. The molecule has 0 aromatic heterocycles. The van der Waals surface area contributed by atoms with Gasteiger partial charge < -0.3 is 20.3 Å². The number of carbonyl (C=O) groups excluding carboxylic acids is 1. The minimum Gasteiger partial charge on any atom is -0.370 e. The molecular formula is C21H34N4O2. The summed E-state index contributed by atoms with van der Waals surface area (Å²) in [6.45, 7) is 12.6. The summed E-state index contributed by atoms with van der Waals surface area (Å²) in [6.07, 6.45) is 1.40. The highest BCUT2D eigenvalue weighted by Gasteiger charge is 2.25. The Balaban J connectivity index is 2.01. The van der Waals surface area contributed by atoms with E-state index in [2.05, 4.69) is 59.5 Å². The van der Waals surface area contributed by atoms with Crippen molar-refractivity contribution in [2.24, 2.45) is 4.99 Å². The molecule has 1 aliphatic rings. The van der Waals surface area contributed by atoms with Crippen molar-refractivity contribution in [1.29, 1.82) is 0 Å². The molecular weight excluding hydrogens is 340 g/mol. The van der Waals surface area contributed by atoms with Crippen LogP contribution in [0.1, 0.15) is 49.5 Å². The average molecular weight is 375 g/mol. The highest BCUT2D eigenvalue weighted by Crippen LogP contribution is 2.25. The number of ether oxygens (including phenoxy) is 1. The molecule has 1 aliphatic heterocycles. The van der Waals surface area contributed by atoms with Crippen molar-refractivity contribution >= 4 is 11.9 Å². The van der Waals surface area contributed by atoms with Gasteiger partial charge >= 0.3 is 0 Å². The molecule has 1 amide bonds. The SMILES string of the molecule is CCCNC(=O)CCN=C(NCC)N1CCOC(c2ccc(C)cc2C)C1. The number of carbonyl (C=O) groups is 1. The van der Waals surface area contributed by atoms with E-state index in [1.807, 2.05) is 6.92 Å². The van der Waals surface area contributed by atoms with Crippen LogP contribution in [-0.4, -0.2) is 56.1 Å². The molecule has 1 fully saturated rings. The Bertz CT molecular complexity index is 645. The summed E-state index contributed by atoms with van der Waals surface area (Å²) in [7, 11) is 0. The van der Waals surface area contributed by atoms with Crippen molar-refractivity contribution in [2.45, 2.75) is 46.6 Å². The van der Waals surface area contributed by atoms with Gasteiger partial charge in [0.15, 0.2) is 5.96 Å². The number of nitrogens with one attached hydrogen (secondary N) is 2.